The van der Waals surface area contributed by atoms with Crippen LogP contribution in [0, 0.1) is 0 Å². The molecule has 1 atom stereocenters. The zero-order valence-corrected chi connectivity index (χ0v) is 19.1. The molecule has 1 unspecified atom stereocenters. The van der Waals surface area contributed by atoms with Crippen LogP contribution in [0.2, 0.25) is 4.34 Å². The molecule has 0 saturated heterocycles. The molecule has 1 amide bonds. The first-order chi connectivity index (χ1) is 15.2. The van der Waals surface area contributed by atoms with Gasteiger partial charge >= 0.3 is 0 Å². The summed E-state index contributed by atoms with van der Waals surface area (Å²) >= 11 is 9.07. The molecule has 8 heteroatoms. The highest BCUT2D eigenvalue weighted by Gasteiger charge is 2.26. The predicted octanol–water partition coefficient (Wildman–Crippen LogP) is 5.51. The molecule has 0 radical (unpaired) electrons. The summed E-state index contributed by atoms with van der Waals surface area (Å²) in [7, 11) is 0. The van der Waals surface area contributed by atoms with E-state index in [0.29, 0.717) is 0 Å². The van der Waals surface area contributed by atoms with Crippen LogP contribution in [0.4, 0.5) is 0 Å². The molecule has 158 valence electrons. The van der Waals surface area contributed by atoms with Crippen molar-refractivity contribution < 1.29 is 4.79 Å². The first kappa shape index (κ1) is 20.4. The molecule has 5 nitrogen and oxygen atoms in total. The van der Waals surface area contributed by atoms with E-state index in [0.717, 1.165) is 51.3 Å². The Bertz CT molecular complexity index is 1200. The summed E-state index contributed by atoms with van der Waals surface area (Å²) in [5.41, 5.74) is 4.39. The summed E-state index contributed by atoms with van der Waals surface area (Å²) in [4.78, 5) is 18.4. The van der Waals surface area contributed by atoms with Gasteiger partial charge in [0, 0.05) is 16.6 Å². The first-order valence-corrected chi connectivity index (χ1v) is 12.3. The Morgan fingerprint density at radius 3 is 2.90 bits per heavy atom. The van der Waals surface area contributed by atoms with Gasteiger partial charge in [-0.25, -0.2) is 4.98 Å². The highest BCUT2D eigenvalue weighted by molar-refractivity contribution is 7.23. The second-order valence-electron chi connectivity index (χ2n) is 7.63. The van der Waals surface area contributed by atoms with Gasteiger partial charge < -0.3 is 5.32 Å². The summed E-state index contributed by atoms with van der Waals surface area (Å²) in [6.45, 7) is 0.755. The second kappa shape index (κ2) is 8.94. The van der Waals surface area contributed by atoms with Crippen molar-refractivity contribution in [3.8, 4) is 9.88 Å². The smallest absolute Gasteiger partial charge is 0.226 e. The van der Waals surface area contributed by atoms with E-state index >= 15 is 0 Å². The average Bonchev–Trinajstić information content (AvgIpc) is 3.50. The van der Waals surface area contributed by atoms with Crippen LogP contribution >= 0.6 is 34.3 Å². The monoisotopic (exact) mass is 468 g/mol. The third kappa shape index (κ3) is 4.59. The minimum Gasteiger partial charge on any atom is -0.349 e. The highest BCUT2D eigenvalue weighted by Crippen LogP contribution is 2.33. The number of fused-ring (bicyclic) bond motifs is 1. The van der Waals surface area contributed by atoms with Crippen LogP contribution < -0.4 is 5.32 Å². The van der Waals surface area contributed by atoms with Crippen molar-refractivity contribution in [1.82, 2.24) is 20.1 Å². The van der Waals surface area contributed by atoms with Crippen LogP contribution in [0.25, 0.3) is 9.88 Å². The van der Waals surface area contributed by atoms with E-state index in [-0.39, 0.29) is 18.4 Å². The highest BCUT2D eigenvalue weighted by atomic mass is 35.5. The number of nitrogens with zero attached hydrogens (tertiary/aromatic N) is 3. The number of rotatable bonds is 6. The number of carbonyl (C=O) groups is 1. The summed E-state index contributed by atoms with van der Waals surface area (Å²) in [5.74, 6) is -0.00489. The van der Waals surface area contributed by atoms with E-state index in [1.54, 1.807) is 11.3 Å². The number of thiazole rings is 1. The van der Waals surface area contributed by atoms with Gasteiger partial charge in [0.25, 0.3) is 0 Å². The lowest BCUT2D eigenvalue weighted by Gasteiger charge is -2.24. The van der Waals surface area contributed by atoms with Gasteiger partial charge in [-0.3, -0.25) is 9.48 Å². The van der Waals surface area contributed by atoms with E-state index in [4.69, 9.17) is 11.6 Å². The fourth-order valence-electron chi connectivity index (χ4n) is 4.00. The predicted molar refractivity (Wildman–Crippen MR) is 126 cm³/mol. The molecule has 1 N–H and O–H groups in total. The lowest BCUT2D eigenvalue weighted by Crippen LogP contribution is -2.32. The lowest BCUT2D eigenvalue weighted by atomic mass is 9.92. The first-order valence-electron chi connectivity index (χ1n) is 10.2. The minimum atomic E-state index is -0.00489. The molecule has 4 aromatic rings. The van der Waals surface area contributed by atoms with Gasteiger partial charge in [0.1, 0.15) is 5.01 Å². The number of nitrogens with one attached hydrogen (secondary N) is 1. The van der Waals surface area contributed by atoms with Crippen molar-refractivity contribution in [2.45, 2.75) is 38.3 Å². The van der Waals surface area contributed by atoms with Crippen molar-refractivity contribution >= 4 is 40.2 Å². The molecular weight excluding hydrogens is 448 g/mol. The molecule has 1 aromatic carbocycles. The summed E-state index contributed by atoms with van der Waals surface area (Å²) in [6.07, 6.45) is 5.17. The number of carbonyl (C=O) groups excluding carboxylic acids is 1. The van der Waals surface area contributed by atoms with E-state index < -0.39 is 0 Å². The third-order valence-electron chi connectivity index (χ3n) is 5.45. The molecule has 1 aliphatic rings. The van der Waals surface area contributed by atoms with Crippen LogP contribution in [-0.2, 0) is 24.2 Å². The van der Waals surface area contributed by atoms with Crippen molar-refractivity contribution in [3.63, 3.8) is 0 Å². The Morgan fingerprint density at radius 1 is 1.23 bits per heavy atom. The van der Waals surface area contributed by atoms with Crippen LogP contribution in [0.5, 0.6) is 0 Å². The molecule has 0 saturated carbocycles. The normalized spacial score (nSPS) is 15.6. The molecule has 3 heterocycles. The minimum absolute atomic E-state index is 0.00489. The number of amides is 1. The molecule has 31 heavy (non-hydrogen) atoms. The van der Waals surface area contributed by atoms with E-state index in [1.165, 1.54) is 22.6 Å². The average molecular weight is 469 g/mol. The standard InChI is InChI=1S/C23H21ClN4OS2/c24-21-10-9-20(31-21)23-26-16(14-30-23)11-22(29)27-18-7-4-8-19-17(18)12-25-28(19)13-15-5-2-1-3-6-15/h1-3,5-6,9-10,12,14,18H,4,7-8,11,13H2,(H,27,29). The number of hydrogen-bond acceptors (Lipinski definition) is 5. The van der Waals surface area contributed by atoms with E-state index in [1.807, 2.05) is 41.9 Å². The number of thiophene rings is 1. The Kier molecular flexibility index (Phi) is 5.89. The second-order valence-corrected chi connectivity index (χ2v) is 10.2. The molecule has 3 aromatic heterocycles. The fourth-order valence-corrected chi connectivity index (χ4v) is 5.94. The fraction of sp³-hybridized carbons (Fsp3) is 0.261. The number of benzene rings is 1. The molecule has 0 spiro atoms. The molecule has 0 bridgehead atoms. The summed E-state index contributed by atoms with van der Waals surface area (Å²) in [5, 5.41) is 10.7. The quantitative estimate of drug-likeness (QED) is 0.406. The number of halogens is 1. The van der Waals surface area contributed by atoms with Crippen molar-refractivity contribution in [2.75, 3.05) is 0 Å². The van der Waals surface area contributed by atoms with E-state index in [9.17, 15) is 4.79 Å². The number of aromatic nitrogens is 3. The van der Waals surface area contributed by atoms with Gasteiger partial charge in [0.15, 0.2) is 0 Å². The van der Waals surface area contributed by atoms with Crippen molar-refractivity contribution in [1.29, 1.82) is 0 Å². The SMILES string of the molecule is O=C(Cc1csc(-c2ccc(Cl)s2)n1)NC1CCCc2c1cnn2Cc1ccccc1. The van der Waals surface area contributed by atoms with Crippen LogP contribution in [0.15, 0.2) is 54.0 Å². The van der Waals surface area contributed by atoms with Gasteiger partial charge in [0.05, 0.1) is 40.1 Å². The molecule has 5 rings (SSSR count). The van der Waals surface area contributed by atoms with Crippen molar-refractivity contribution in [2.24, 2.45) is 0 Å². The van der Waals surface area contributed by atoms with Crippen LogP contribution in [0.3, 0.4) is 0 Å². The van der Waals surface area contributed by atoms with Gasteiger partial charge in [-0.15, -0.1) is 22.7 Å². The topological polar surface area (TPSA) is 59.8 Å². The zero-order chi connectivity index (χ0) is 21.2. The number of hydrogen-bond donors (Lipinski definition) is 1. The Labute approximate surface area is 193 Å². The lowest BCUT2D eigenvalue weighted by molar-refractivity contribution is -0.121. The maximum Gasteiger partial charge on any atom is 0.226 e. The summed E-state index contributed by atoms with van der Waals surface area (Å²) < 4.78 is 2.81. The maximum absolute atomic E-state index is 12.7. The molecule has 0 fully saturated rings. The van der Waals surface area contributed by atoms with Crippen molar-refractivity contribution in [3.05, 3.63) is 80.9 Å². The summed E-state index contributed by atoms with van der Waals surface area (Å²) in [6, 6.07) is 14.2. The van der Waals surface area contributed by atoms with E-state index in [2.05, 4.69) is 32.2 Å². The Morgan fingerprint density at radius 2 is 2.10 bits per heavy atom. The molecule has 1 aliphatic carbocycles. The maximum atomic E-state index is 12.7. The van der Waals surface area contributed by atoms with Crippen LogP contribution in [-0.4, -0.2) is 20.7 Å². The van der Waals surface area contributed by atoms with Gasteiger partial charge in [0.2, 0.25) is 5.91 Å². The molecule has 0 aliphatic heterocycles. The van der Waals surface area contributed by atoms with Gasteiger partial charge in [-0.05, 0) is 37.0 Å². The Balaban J connectivity index is 1.25. The Hall–Kier alpha value is -2.48. The van der Waals surface area contributed by atoms with Crippen LogP contribution in [0.1, 0.15) is 41.4 Å². The zero-order valence-electron chi connectivity index (χ0n) is 16.8. The molecular formula is C23H21ClN4OS2. The van der Waals surface area contributed by atoms with Gasteiger partial charge in [-0.1, -0.05) is 41.9 Å². The van der Waals surface area contributed by atoms with Gasteiger partial charge in [-0.2, -0.15) is 5.10 Å². The third-order valence-corrected chi connectivity index (χ3v) is 7.74. The largest absolute Gasteiger partial charge is 0.349 e.